The van der Waals surface area contributed by atoms with Gasteiger partial charge in [-0.15, -0.1) is 0 Å². The molecule has 0 aliphatic rings. The number of fused-ring (bicyclic) bond motifs is 1. The highest BCUT2D eigenvalue weighted by Crippen LogP contribution is 2.30. The molecular weight excluding hydrogens is 322 g/mol. The molecule has 1 unspecified atom stereocenters. The molecule has 0 fully saturated rings. The number of hydrogen-bond acceptors (Lipinski definition) is 1. The number of aromatic amines is 1. The Kier molecular flexibility index (Phi) is 4.39. The molecule has 3 aromatic rings. The molecule has 0 saturated heterocycles. The molecule has 1 aromatic heterocycles. The van der Waals surface area contributed by atoms with Crippen LogP contribution in [-0.2, 0) is 6.42 Å². The second-order valence-electron chi connectivity index (χ2n) is 5.32. The first-order valence-corrected chi connectivity index (χ1v) is 7.74. The lowest BCUT2D eigenvalue weighted by Gasteiger charge is -2.15. The van der Waals surface area contributed by atoms with Gasteiger partial charge in [-0.3, -0.25) is 0 Å². The van der Waals surface area contributed by atoms with Gasteiger partial charge >= 0.3 is 0 Å². The highest BCUT2D eigenvalue weighted by atomic mass is 35.5. The van der Waals surface area contributed by atoms with E-state index in [1.165, 1.54) is 6.07 Å². The summed E-state index contributed by atoms with van der Waals surface area (Å²) in [5.41, 5.74) is 8.92. The zero-order valence-electron chi connectivity index (χ0n) is 11.7. The monoisotopic (exact) mass is 336 g/mol. The fourth-order valence-corrected chi connectivity index (χ4v) is 3.04. The van der Waals surface area contributed by atoms with Crippen molar-refractivity contribution in [1.82, 2.24) is 4.98 Å². The average Bonchev–Trinajstić information content (AvgIpc) is 2.91. The molecule has 5 heteroatoms. The molecule has 2 nitrogen and oxygen atoms in total. The predicted molar refractivity (Wildman–Crippen MR) is 90.2 cm³/mol. The van der Waals surface area contributed by atoms with Crippen LogP contribution in [0.5, 0.6) is 0 Å². The van der Waals surface area contributed by atoms with Crippen molar-refractivity contribution in [3.05, 3.63) is 69.6 Å². The van der Waals surface area contributed by atoms with Crippen LogP contribution in [0, 0.1) is 5.82 Å². The topological polar surface area (TPSA) is 41.8 Å². The maximum atomic E-state index is 13.5. The van der Waals surface area contributed by atoms with Crippen molar-refractivity contribution < 1.29 is 4.39 Å². The standard InChI is InChI=1S/C17H15Cl2FN2/c18-15-3-1-10(6-16(15)19)5-11(8-21)14-9-22-17-4-2-12(20)7-13(14)17/h1-4,6-7,9,11,22H,5,8,21H2. The van der Waals surface area contributed by atoms with Crippen LogP contribution in [0.15, 0.2) is 42.6 Å². The van der Waals surface area contributed by atoms with Crippen molar-refractivity contribution in [3.8, 4) is 0 Å². The maximum Gasteiger partial charge on any atom is 0.123 e. The van der Waals surface area contributed by atoms with Crippen molar-refractivity contribution in [1.29, 1.82) is 0 Å². The average molecular weight is 337 g/mol. The van der Waals surface area contributed by atoms with Gasteiger partial charge in [-0.2, -0.15) is 0 Å². The largest absolute Gasteiger partial charge is 0.361 e. The zero-order valence-corrected chi connectivity index (χ0v) is 13.3. The number of halogens is 3. The second kappa shape index (κ2) is 6.29. The summed E-state index contributed by atoms with van der Waals surface area (Å²) in [5, 5.41) is 1.93. The predicted octanol–water partition coefficient (Wildman–Crippen LogP) is 4.90. The Balaban J connectivity index is 1.95. The van der Waals surface area contributed by atoms with Gasteiger partial charge < -0.3 is 10.7 Å². The lowest BCUT2D eigenvalue weighted by atomic mass is 9.92. The van der Waals surface area contributed by atoms with Crippen LogP contribution in [0.1, 0.15) is 17.0 Å². The van der Waals surface area contributed by atoms with Crippen LogP contribution in [0.2, 0.25) is 10.0 Å². The molecule has 1 atom stereocenters. The Morgan fingerprint density at radius 3 is 2.64 bits per heavy atom. The fourth-order valence-electron chi connectivity index (χ4n) is 2.72. The molecule has 1 heterocycles. The van der Waals surface area contributed by atoms with E-state index in [4.69, 9.17) is 28.9 Å². The van der Waals surface area contributed by atoms with Crippen LogP contribution in [-0.4, -0.2) is 11.5 Å². The third-order valence-corrected chi connectivity index (χ3v) is 4.61. The first-order valence-electron chi connectivity index (χ1n) is 6.99. The fraction of sp³-hybridized carbons (Fsp3) is 0.176. The number of hydrogen-bond donors (Lipinski definition) is 2. The van der Waals surface area contributed by atoms with Gasteiger partial charge in [-0.25, -0.2) is 4.39 Å². The Labute approximate surface area is 138 Å². The molecular formula is C17H15Cl2FN2. The van der Waals surface area contributed by atoms with E-state index in [9.17, 15) is 4.39 Å². The van der Waals surface area contributed by atoms with Crippen LogP contribution in [0.25, 0.3) is 10.9 Å². The van der Waals surface area contributed by atoms with Crippen LogP contribution < -0.4 is 5.73 Å². The molecule has 114 valence electrons. The van der Waals surface area contributed by atoms with E-state index in [0.29, 0.717) is 16.6 Å². The van der Waals surface area contributed by atoms with Crippen molar-refractivity contribution >= 4 is 34.1 Å². The molecule has 3 rings (SSSR count). The van der Waals surface area contributed by atoms with Crippen molar-refractivity contribution in [2.75, 3.05) is 6.54 Å². The second-order valence-corrected chi connectivity index (χ2v) is 6.13. The minimum Gasteiger partial charge on any atom is -0.361 e. The molecule has 0 bridgehead atoms. The number of rotatable bonds is 4. The normalized spacial score (nSPS) is 12.7. The third kappa shape index (κ3) is 2.98. The van der Waals surface area contributed by atoms with Crippen molar-refractivity contribution in [2.45, 2.75) is 12.3 Å². The number of benzene rings is 2. The molecule has 0 saturated carbocycles. The minimum atomic E-state index is -0.251. The molecule has 0 aliphatic heterocycles. The van der Waals surface area contributed by atoms with Gasteiger partial charge in [0, 0.05) is 23.0 Å². The summed E-state index contributed by atoms with van der Waals surface area (Å²) in [7, 11) is 0. The minimum absolute atomic E-state index is 0.0767. The molecule has 0 spiro atoms. The van der Waals surface area contributed by atoms with Crippen molar-refractivity contribution in [2.24, 2.45) is 5.73 Å². The van der Waals surface area contributed by atoms with Crippen LogP contribution in [0.4, 0.5) is 4.39 Å². The highest BCUT2D eigenvalue weighted by molar-refractivity contribution is 6.42. The van der Waals surface area contributed by atoms with Gasteiger partial charge in [-0.1, -0.05) is 29.3 Å². The van der Waals surface area contributed by atoms with E-state index in [1.807, 2.05) is 18.3 Å². The third-order valence-electron chi connectivity index (χ3n) is 3.87. The summed E-state index contributed by atoms with van der Waals surface area (Å²) < 4.78 is 13.5. The van der Waals surface area contributed by atoms with E-state index in [2.05, 4.69) is 4.98 Å². The Hall–Kier alpha value is -1.55. The van der Waals surface area contributed by atoms with Gasteiger partial charge in [0.15, 0.2) is 0 Å². The Bertz CT molecular complexity index is 814. The molecule has 0 radical (unpaired) electrons. The van der Waals surface area contributed by atoms with Gasteiger partial charge in [0.2, 0.25) is 0 Å². The lowest BCUT2D eigenvalue weighted by Crippen LogP contribution is -2.14. The van der Waals surface area contributed by atoms with Crippen LogP contribution >= 0.6 is 23.2 Å². The van der Waals surface area contributed by atoms with Crippen molar-refractivity contribution in [3.63, 3.8) is 0 Å². The summed E-state index contributed by atoms with van der Waals surface area (Å²) in [4.78, 5) is 3.17. The maximum absolute atomic E-state index is 13.5. The molecule has 0 amide bonds. The summed E-state index contributed by atoms with van der Waals surface area (Å²) >= 11 is 12.0. The smallest absolute Gasteiger partial charge is 0.123 e. The van der Waals surface area contributed by atoms with E-state index >= 15 is 0 Å². The molecule has 0 aliphatic carbocycles. The van der Waals surface area contributed by atoms with E-state index < -0.39 is 0 Å². The Morgan fingerprint density at radius 1 is 1.09 bits per heavy atom. The quantitative estimate of drug-likeness (QED) is 0.699. The number of nitrogens with two attached hydrogens (primary N) is 1. The summed E-state index contributed by atoms with van der Waals surface area (Å²) in [5.74, 6) is -0.175. The van der Waals surface area contributed by atoms with Gasteiger partial charge in [0.1, 0.15) is 5.82 Å². The van der Waals surface area contributed by atoms with Gasteiger partial charge in [-0.05, 0) is 54.4 Å². The van der Waals surface area contributed by atoms with E-state index in [-0.39, 0.29) is 11.7 Å². The van der Waals surface area contributed by atoms with E-state index in [1.54, 1.807) is 18.2 Å². The molecule has 3 N–H and O–H groups in total. The van der Waals surface area contributed by atoms with Gasteiger partial charge in [0.25, 0.3) is 0 Å². The summed E-state index contributed by atoms with van der Waals surface area (Å²) in [6.07, 6.45) is 2.62. The summed E-state index contributed by atoms with van der Waals surface area (Å²) in [6, 6.07) is 10.3. The SMILES string of the molecule is NCC(Cc1ccc(Cl)c(Cl)c1)c1c[nH]c2ccc(F)cc12. The summed E-state index contributed by atoms with van der Waals surface area (Å²) in [6.45, 7) is 0.462. The number of aromatic nitrogens is 1. The van der Waals surface area contributed by atoms with E-state index in [0.717, 1.165) is 28.5 Å². The Morgan fingerprint density at radius 2 is 1.91 bits per heavy atom. The molecule has 2 aromatic carbocycles. The lowest BCUT2D eigenvalue weighted by molar-refractivity contribution is 0.629. The first kappa shape index (κ1) is 15.3. The van der Waals surface area contributed by atoms with Crippen LogP contribution in [0.3, 0.4) is 0 Å². The number of nitrogens with one attached hydrogen (secondary N) is 1. The zero-order chi connectivity index (χ0) is 15.7. The molecule has 22 heavy (non-hydrogen) atoms. The number of H-pyrrole nitrogens is 1. The van der Waals surface area contributed by atoms with Gasteiger partial charge in [0.05, 0.1) is 10.0 Å². The first-order chi connectivity index (χ1) is 10.6. The highest BCUT2D eigenvalue weighted by Gasteiger charge is 2.16.